The summed E-state index contributed by atoms with van der Waals surface area (Å²) < 4.78 is 5.82. The molecule has 4 aliphatic rings. The number of ketones is 1. The summed E-state index contributed by atoms with van der Waals surface area (Å²) in [6, 6.07) is 8.56. The molecule has 0 amide bonds. The molecular weight excluding hydrogens is 410 g/mol. The first kappa shape index (κ1) is 22.6. The fourth-order valence-electron chi connectivity index (χ4n) is 7.97. The van der Waals surface area contributed by atoms with Gasteiger partial charge < -0.3 is 9.94 Å². The van der Waals surface area contributed by atoms with Crippen molar-refractivity contribution in [1.82, 2.24) is 0 Å². The molecule has 4 aliphatic carbocycles. The molecule has 4 heteroatoms. The molecule has 0 unspecified atom stereocenters. The van der Waals surface area contributed by atoms with Crippen LogP contribution in [0, 0.1) is 22.7 Å². The standard InChI is InChI=1S/C29H37NO3/c1-28(18-33-3)14-4-5-26-24-12-10-21-15-22(31)11-13-23(21)27(24)25(16-29(26,28)2)20-8-6-19(7-9-20)17-30-32/h6-9,15,17,24-26,32H,4-5,10-14,16,18H2,1-3H3/b30-17+/t24-,25+,26-,28-,29-/m0/s1. The third-order valence-electron chi connectivity index (χ3n) is 9.76. The van der Waals surface area contributed by atoms with Gasteiger partial charge >= 0.3 is 0 Å². The normalized spacial score (nSPS) is 36.3. The SMILES string of the molecule is COC[C@]1(C)CCC[C@H]2[C@@H]3CCC4=CC(=O)CCC4=C3[C@@H](c3ccc(/C=N/O)cc3)C[C@@]21C. The van der Waals surface area contributed by atoms with E-state index in [1.165, 1.54) is 42.2 Å². The predicted molar refractivity (Wildman–Crippen MR) is 131 cm³/mol. The van der Waals surface area contributed by atoms with Crippen molar-refractivity contribution in [3.63, 3.8) is 0 Å². The number of allylic oxidation sites excluding steroid dienone is 4. The zero-order valence-corrected chi connectivity index (χ0v) is 20.3. The Kier molecular flexibility index (Phi) is 5.84. The maximum Gasteiger partial charge on any atom is 0.156 e. The lowest BCUT2D eigenvalue weighted by molar-refractivity contribution is -0.117. The number of benzene rings is 1. The molecule has 0 aromatic heterocycles. The van der Waals surface area contributed by atoms with E-state index in [1.807, 2.05) is 13.2 Å². The molecule has 5 atom stereocenters. The minimum atomic E-state index is 0.168. The van der Waals surface area contributed by atoms with E-state index in [0.29, 0.717) is 30.0 Å². The minimum absolute atomic E-state index is 0.168. The van der Waals surface area contributed by atoms with Crippen molar-refractivity contribution in [3.05, 3.63) is 58.2 Å². The number of carbonyl (C=O) groups is 1. The maximum atomic E-state index is 12.2. The van der Waals surface area contributed by atoms with Gasteiger partial charge in [0.15, 0.2) is 5.78 Å². The van der Waals surface area contributed by atoms with Gasteiger partial charge in [0.1, 0.15) is 0 Å². The first-order valence-electron chi connectivity index (χ1n) is 12.6. The molecule has 4 nitrogen and oxygen atoms in total. The van der Waals surface area contributed by atoms with Crippen LogP contribution in [0.25, 0.3) is 0 Å². The average Bonchev–Trinajstić information content (AvgIpc) is 2.80. The van der Waals surface area contributed by atoms with Gasteiger partial charge in [-0.05, 0) is 89.5 Å². The van der Waals surface area contributed by atoms with Crippen molar-refractivity contribution < 1.29 is 14.7 Å². The summed E-state index contributed by atoms with van der Waals surface area (Å²) in [5.41, 5.74) is 7.07. The Balaban J connectivity index is 1.66. The molecule has 0 radical (unpaired) electrons. The lowest BCUT2D eigenvalue weighted by Gasteiger charge is -2.62. The number of hydrogen-bond acceptors (Lipinski definition) is 4. The van der Waals surface area contributed by atoms with Crippen molar-refractivity contribution in [2.45, 2.75) is 71.1 Å². The number of methoxy groups -OCH3 is 1. The van der Waals surface area contributed by atoms with Crippen molar-refractivity contribution >= 4 is 12.0 Å². The van der Waals surface area contributed by atoms with Gasteiger partial charge in [-0.25, -0.2) is 0 Å². The van der Waals surface area contributed by atoms with Gasteiger partial charge in [0.05, 0.1) is 12.8 Å². The van der Waals surface area contributed by atoms with E-state index in [-0.39, 0.29) is 10.8 Å². The number of ether oxygens (including phenoxy) is 1. The first-order valence-corrected chi connectivity index (χ1v) is 12.6. The smallest absolute Gasteiger partial charge is 0.156 e. The van der Waals surface area contributed by atoms with Crippen LogP contribution < -0.4 is 0 Å². The fraction of sp³-hybridized carbons (Fsp3) is 0.586. The molecule has 5 rings (SSSR count). The number of fused-ring (bicyclic) bond motifs is 4. The lowest BCUT2D eigenvalue weighted by Crippen LogP contribution is -2.55. The van der Waals surface area contributed by atoms with Crippen LogP contribution in [0.15, 0.2) is 52.2 Å². The molecule has 2 fully saturated rings. The summed E-state index contributed by atoms with van der Waals surface area (Å²) in [6.45, 7) is 5.83. The molecule has 1 aromatic rings. The molecular formula is C29H37NO3. The molecule has 0 aliphatic heterocycles. The molecule has 0 heterocycles. The largest absolute Gasteiger partial charge is 0.411 e. The van der Waals surface area contributed by atoms with Crippen LogP contribution in [0.3, 0.4) is 0 Å². The summed E-state index contributed by atoms with van der Waals surface area (Å²) in [5.74, 6) is 1.91. The quantitative estimate of drug-likeness (QED) is 0.328. The topological polar surface area (TPSA) is 58.9 Å². The Labute approximate surface area is 197 Å². The van der Waals surface area contributed by atoms with Crippen LogP contribution in [-0.4, -0.2) is 30.9 Å². The van der Waals surface area contributed by atoms with Gasteiger partial charge in [-0.1, -0.05) is 55.3 Å². The van der Waals surface area contributed by atoms with Crippen molar-refractivity contribution in [1.29, 1.82) is 0 Å². The van der Waals surface area contributed by atoms with Crippen LogP contribution >= 0.6 is 0 Å². The Hall–Kier alpha value is -2.20. The van der Waals surface area contributed by atoms with E-state index in [4.69, 9.17) is 9.94 Å². The number of rotatable bonds is 4. The van der Waals surface area contributed by atoms with Crippen LogP contribution in [0.1, 0.15) is 82.3 Å². The second-order valence-corrected chi connectivity index (χ2v) is 11.3. The molecule has 0 bridgehead atoms. The van der Waals surface area contributed by atoms with Crippen molar-refractivity contribution in [3.8, 4) is 0 Å². The van der Waals surface area contributed by atoms with Gasteiger partial charge in [0.25, 0.3) is 0 Å². The van der Waals surface area contributed by atoms with E-state index in [9.17, 15) is 4.79 Å². The van der Waals surface area contributed by atoms with Gasteiger partial charge in [-0.2, -0.15) is 0 Å². The molecule has 1 N–H and O–H groups in total. The van der Waals surface area contributed by atoms with E-state index in [1.54, 1.807) is 5.57 Å². The van der Waals surface area contributed by atoms with E-state index >= 15 is 0 Å². The van der Waals surface area contributed by atoms with E-state index in [2.05, 4.69) is 43.3 Å². The molecule has 1 aromatic carbocycles. The summed E-state index contributed by atoms with van der Waals surface area (Å²) in [6.07, 6.45) is 12.1. The Morgan fingerprint density at radius 1 is 1.15 bits per heavy atom. The highest BCUT2D eigenvalue weighted by molar-refractivity contribution is 5.93. The van der Waals surface area contributed by atoms with Crippen LogP contribution in [0.2, 0.25) is 0 Å². The Bertz CT molecular complexity index is 1020. The van der Waals surface area contributed by atoms with E-state index in [0.717, 1.165) is 37.9 Å². The number of carbonyl (C=O) groups excluding carboxylic acids is 1. The highest BCUT2D eigenvalue weighted by Crippen LogP contribution is 2.67. The predicted octanol–water partition coefficient (Wildman–Crippen LogP) is 6.44. The fourth-order valence-corrected chi connectivity index (χ4v) is 7.97. The van der Waals surface area contributed by atoms with Crippen molar-refractivity contribution in [2.75, 3.05) is 13.7 Å². The number of oxime groups is 1. The molecule has 176 valence electrons. The third-order valence-corrected chi connectivity index (χ3v) is 9.76. The van der Waals surface area contributed by atoms with Crippen LogP contribution in [-0.2, 0) is 9.53 Å². The van der Waals surface area contributed by atoms with Crippen LogP contribution in [0.4, 0.5) is 0 Å². The Morgan fingerprint density at radius 3 is 2.67 bits per heavy atom. The number of hydrogen-bond donors (Lipinski definition) is 1. The molecule has 0 saturated heterocycles. The minimum Gasteiger partial charge on any atom is -0.411 e. The zero-order chi connectivity index (χ0) is 23.2. The molecule has 33 heavy (non-hydrogen) atoms. The van der Waals surface area contributed by atoms with Gasteiger partial charge in [-0.3, -0.25) is 4.79 Å². The summed E-state index contributed by atoms with van der Waals surface area (Å²) >= 11 is 0. The van der Waals surface area contributed by atoms with Gasteiger partial charge in [0, 0.05) is 19.4 Å². The van der Waals surface area contributed by atoms with Gasteiger partial charge in [0.2, 0.25) is 0 Å². The highest BCUT2D eigenvalue weighted by Gasteiger charge is 2.59. The van der Waals surface area contributed by atoms with Crippen molar-refractivity contribution in [2.24, 2.45) is 27.8 Å². The lowest BCUT2D eigenvalue weighted by atomic mass is 9.42. The summed E-state index contributed by atoms with van der Waals surface area (Å²) in [4.78, 5) is 12.2. The third kappa shape index (κ3) is 3.62. The monoisotopic (exact) mass is 447 g/mol. The second-order valence-electron chi connectivity index (χ2n) is 11.3. The Morgan fingerprint density at radius 2 is 1.94 bits per heavy atom. The molecule has 2 saturated carbocycles. The zero-order valence-electron chi connectivity index (χ0n) is 20.3. The second kappa shape index (κ2) is 8.54. The summed E-state index contributed by atoms with van der Waals surface area (Å²) in [7, 11) is 1.85. The highest BCUT2D eigenvalue weighted by atomic mass is 16.5. The maximum absolute atomic E-state index is 12.2. The number of nitrogens with zero attached hydrogens (tertiary/aromatic N) is 1. The van der Waals surface area contributed by atoms with E-state index < -0.39 is 0 Å². The van der Waals surface area contributed by atoms with Gasteiger partial charge in [-0.15, -0.1) is 0 Å². The first-order chi connectivity index (χ1) is 15.9. The summed E-state index contributed by atoms with van der Waals surface area (Å²) in [5, 5.41) is 12.1. The van der Waals surface area contributed by atoms with Crippen LogP contribution in [0.5, 0.6) is 0 Å². The average molecular weight is 448 g/mol. The molecule has 0 spiro atoms.